The molecule has 0 saturated heterocycles. The van der Waals surface area contributed by atoms with Gasteiger partial charge in [-0.1, -0.05) is 30.3 Å². The van der Waals surface area contributed by atoms with Crippen molar-refractivity contribution in [2.24, 2.45) is 0 Å². The summed E-state index contributed by atoms with van der Waals surface area (Å²) in [6, 6.07) is 15.8. The highest BCUT2D eigenvalue weighted by atomic mass is 32.2. The van der Waals surface area contributed by atoms with E-state index in [0.717, 1.165) is 12.8 Å². The summed E-state index contributed by atoms with van der Waals surface area (Å²) in [5, 5.41) is 5.46. The lowest BCUT2D eigenvalue weighted by Gasteiger charge is -2.12. The monoisotopic (exact) mass is 505 g/mol. The predicted octanol–water partition coefficient (Wildman–Crippen LogP) is 3.53. The summed E-state index contributed by atoms with van der Waals surface area (Å²) >= 11 is 5.12. The van der Waals surface area contributed by atoms with Gasteiger partial charge in [0.15, 0.2) is 5.11 Å². The molecule has 2 aromatic rings. The van der Waals surface area contributed by atoms with Crippen LogP contribution >= 0.6 is 12.2 Å². The number of nitrogens with one attached hydrogen (secondary N) is 3. The van der Waals surface area contributed by atoms with E-state index in [1.165, 1.54) is 17.7 Å². The molecule has 8 nitrogen and oxygen atoms in total. The Bertz CT molecular complexity index is 1060. The third-order valence-electron chi connectivity index (χ3n) is 4.57. The van der Waals surface area contributed by atoms with Crippen LogP contribution in [0, 0.1) is 0 Å². The van der Waals surface area contributed by atoms with Crippen LogP contribution in [-0.4, -0.2) is 38.1 Å². The first kappa shape index (κ1) is 27.4. The number of carbonyl (C=O) groups excluding carboxylic acids is 2. The molecule has 0 aliphatic heterocycles. The number of sulfonamides is 1. The second kappa shape index (κ2) is 13.8. The molecule has 34 heavy (non-hydrogen) atoms. The van der Waals surface area contributed by atoms with Crippen LogP contribution < -0.4 is 15.4 Å². The Morgan fingerprint density at radius 2 is 1.65 bits per heavy atom. The van der Waals surface area contributed by atoms with E-state index in [-0.39, 0.29) is 40.8 Å². The number of benzene rings is 2. The van der Waals surface area contributed by atoms with Gasteiger partial charge in [0, 0.05) is 24.6 Å². The Labute approximate surface area is 206 Å². The number of thiocarbonyl (C=S) groups is 1. The number of amides is 1. The zero-order valence-corrected chi connectivity index (χ0v) is 21.0. The molecular weight excluding hydrogens is 474 g/mol. The van der Waals surface area contributed by atoms with Crippen molar-refractivity contribution in [3.05, 3.63) is 60.2 Å². The van der Waals surface area contributed by atoms with Gasteiger partial charge in [-0.2, -0.15) is 0 Å². The fourth-order valence-corrected chi connectivity index (χ4v) is 4.50. The Hall–Kier alpha value is -2.82. The number of hydrogen-bond acceptors (Lipinski definition) is 6. The maximum atomic E-state index is 12.2. The molecule has 0 radical (unpaired) electrons. The minimum atomic E-state index is -3.58. The van der Waals surface area contributed by atoms with Gasteiger partial charge in [-0.25, -0.2) is 13.1 Å². The molecule has 3 N–H and O–H groups in total. The van der Waals surface area contributed by atoms with Crippen LogP contribution in [-0.2, 0) is 30.8 Å². The summed E-state index contributed by atoms with van der Waals surface area (Å²) in [4.78, 5) is 24.0. The third-order valence-corrected chi connectivity index (χ3v) is 6.45. The van der Waals surface area contributed by atoms with Crippen molar-refractivity contribution in [1.82, 2.24) is 10.0 Å². The molecule has 0 heterocycles. The van der Waals surface area contributed by atoms with Crippen molar-refractivity contribution in [1.29, 1.82) is 0 Å². The zero-order chi connectivity index (χ0) is 25.0. The van der Waals surface area contributed by atoms with E-state index in [9.17, 15) is 18.0 Å². The molecule has 0 saturated carbocycles. The normalized spacial score (nSPS) is 11.1. The van der Waals surface area contributed by atoms with Gasteiger partial charge in [-0.3, -0.25) is 9.59 Å². The predicted molar refractivity (Wildman–Crippen MR) is 136 cm³/mol. The molecule has 10 heteroatoms. The topological polar surface area (TPSA) is 114 Å². The molecule has 0 spiro atoms. The van der Waals surface area contributed by atoms with Crippen LogP contribution in [0.4, 0.5) is 5.69 Å². The zero-order valence-electron chi connectivity index (χ0n) is 19.4. The van der Waals surface area contributed by atoms with E-state index >= 15 is 0 Å². The van der Waals surface area contributed by atoms with E-state index in [2.05, 4.69) is 15.4 Å². The third kappa shape index (κ3) is 10.4. The highest BCUT2D eigenvalue weighted by molar-refractivity contribution is 7.89. The Morgan fingerprint density at radius 1 is 0.971 bits per heavy atom. The van der Waals surface area contributed by atoms with Crippen molar-refractivity contribution in [2.45, 2.75) is 56.9 Å². The average molecular weight is 506 g/mol. The first-order valence-corrected chi connectivity index (χ1v) is 13.0. The molecule has 0 fully saturated rings. The first-order valence-electron chi connectivity index (χ1n) is 11.1. The minimum absolute atomic E-state index is 0.0874. The van der Waals surface area contributed by atoms with Gasteiger partial charge in [-0.15, -0.1) is 0 Å². The van der Waals surface area contributed by atoms with Gasteiger partial charge in [0.2, 0.25) is 15.9 Å². The summed E-state index contributed by atoms with van der Waals surface area (Å²) in [5.41, 5.74) is 1.73. The fourth-order valence-electron chi connectivity index (χ4n) is 3.02. The van der Waals surface area contributed by atoms with Gasteiger partial charge in [0.25, 0.3) is 0 Å². The lowest BCUT2D eigenvalue weighted by atomic mass is 10.1. The van der Waals surface area contributed by atoms with Crippen LogP contribution in [0.5, 0.6) is 0 Å². The quantitative estimate of drug-likeness (QED) is 0.230. The fraction of sp³-hybridized carbons (Fsp3) is 0.375. The molecular formula is C24H31N3O5S2. The Balaban J connectivity index is 1.63. The number of anilines is 1. The second-order valence-corrected chi connectivity index (χ2v) is 10.1. The van der Waals surface area contributed by atoms with Gasteiger partial charge in [-0.05, 0) is 75.2 Å². The van der Waals surface area contributed by atoms with Gasteiger partial charge >= 0.3 is 5.97 Å². The van der Waals surface area contributed by atoms with Crippen molar-refractivity contribution in [2.75, 3.05) is 11.9 Å². The number of hydrogen-bond donors (Lipinski definition) is 3. The first-order chi connectivity index (χ1) is 16.2. The highest BCUT2D eigenvalue weighted by Crippen LogP contribution is 2.14. The van der Waals surface area contributed by atoms with Crippen LogP contribution in [0.2, 0.25) is 0 Å². The molecule has 184 valence electrons. The summed E-state index contributed by atoms with van der Waals surface area (Å²) in [6.07, 6.45) is 2.21. The standard InChI is InChI=1S/C24H31N3O5S2/c1-18(2)27-34(30,31)21-15-13-20(14-16-21)25-24(33)26-22(28)11-6-12-23(29)32-17-7-10-19-8-4-3-5-9-19/h3-5,8-9,13-16,18,27H,6-7,10-12,17H2,1-2H3,(H2,25,26,28,33). The lowest BCUT2D eigenvalue weighted by Crippen LogP contribution is -2.34. The average Bonchev–Trinajstić information content (AvgIpc) is 2.77. The van der Waals surface area contributed by atoms with E-state index < -0.39 is 10.0 Å². The molecule has 0 atom stereocenters. The number of ether oxygens (including phenoxy) is 1. The Kier molecular flexibility index (Phi) is 11.1. The molecule has 0 unspecified atom stereocenters. The maximum absolute atomic E-state index is 12.2. The summed E-state index contributed by atoms with van der Waals surface area (Å²) in [5.74, 6) is -0.654. The van der Waals surface area contributed by atoms with Crippen molar-refractivity contribution >= 4 is 44.9 Å². The molecule has 2 aromatic carbocycles. The molecule has 2 rings (SSSR count). The van der Waals surface area contributed by atoms with Gasteiger partial charge in [0.05, 0.1) is 11.5 Å². The van der Waals surface area contributed by atoms with Gasteiger partial charge < -0.3 is 15.4 Å². The smallest absolute Gasteiger partial charge is 0.305 e. The maximum Gasteiger partial charge on any atom is 0.305 e. The number of carbonyl (C=O) groups is 2. The number of rotatable bonds is 12. The Morgan fingerprint density at radius 3 is 2.29 bits per heavy atom. The van der Waals surface area contributed by atoms with Crippen molar-refractivity contribution < 1.29 is 22.7 Å². The number of aryl methyl sites for hydroxylation is 1. The molecule has 0 aliphatic rings. The summed E-state index contributed by atoms with van der Waals surface area (Å²) in [7, 11) is -3.58. The summed E-state index contributed by atoms with van der Waals surface area (Å²) < 4.78 is 32.0. The molecule has 0 aromatic heterocycles. The lowest BCUT2D eigenvalue weighted by molar-refractivity contribution is -0.143. The summed E-state index contributed by atoms with van der Waals surface area (Å²) in [6.45, 7) is 3.83. The molecule has 1 amide bonds. The highest BCUT2D eigenvalue weighted by Gasteiger charge is 2.15. The molecule has 0 aliphatic carbocycles. The van der Waals surface area contributed by atoms with E-state index in [1.54, 1.807) is 26.0 Å². The van der Waals surface area contributed by atoms with Gasteiger partial charge in [0.1, 0.15) is 0 Å². The van der Waals surface area contributed by atoms with Crippen molar-refractivity contribution in [3.63, 3.8) is 0 Å². The number of esters is 1. The van der Waals surface area contributed by atoms with Crippen LogP contribution in [0.15, 0.2) is 59.5 Å². The van der Waals surface area contributed by atoms with E-state index in [0.29, 0.717) is 18.7 Å². The largest absolute Gasteiger partial charge is 0.466 e. The minimum Gasteiger partial charge on any atom is -0.466 e. The van der Waals surface area contributed by atoms with E-state index in [4.69, 9.17) is 17.0 Å². The van der Waals surface area contributed by atoms with Crippen LogP contribution in [0.3, 0.4) is 0 Å². The SMILES string of the molecule is CC(C)NS(=O)(=O)c1ccc(NC(=S)NC(=O)CCCC(=O)OCCCc2ccccc2)cc1. The van der Waals surface area contributed by atoms with Crippen LogP contribution in [0.1, 0.15) is 45.1 Å². The second-order valence-electron chi connectivity index (χ2n) is 7.97. The van der Waals surface area contributed by atoms with E-state index in [1.807, 2.05) is 30.3 Å². The van der Waals surface area contributed by atoms with Crippen molar-refractivity contribution in [3.8, 4) is 0 Å². The van der Waals surface area contributed by atoms with Crippen LogP contribution in [0.25, 0.3) is 0 Å². The molecule has 0 bridgehead atoms.